The van der Waals surface area contributed by atoms with Crippen LogP contribution in [0.1, 0.15) is 12.0 Å². The molecule has 1 aliphatic heterocycles. The van der Waals surface area contributed by atoms with Crippen LogP contribution in [0.2, 0.25) is 0 Å². The van der Waals surface area contributed by atoms with Crippen LogP contribution in [0, 0.1) is 12.8 Å². The summed E-state index contributed by atoms with van der Waals surface area (Å²) in [5, 5.41) is 9.03. The molecule has 0 bridgehead atoms. The highest BCUT2D eigenvalue weighted by atomic mass is 16.3. The second kappa shape index (κ2) is 3.96. The molecule has 1 saturated heterocycles. The normalized spacial score (nSPS) is 21.6. The van der Waals surface area contributed by atoms with Gasteiger partial charge in [0.05, 0.1) is 0 Å². The molecular weight excluding hydrogens is 176 g/mol. The van der Waals surface area contributed by atoms with Crippen LogP contribution in [0.15, 0.2) is 18.3 Å². The van der Waals surface area contributed by atoms with Gasteiger partial charge in [0.25, 0.3) is 0 Å². The fraction of sp³-hybridized carbons (Fsp3) is 0.545. The number of aryl methyl sites for hydroxylation is 1. The van der Waals surface area contributed by atoms with Crippen molar-refractivity contribution in [1.29, 1.82) is 0 Å². The van der Waals surface area contributed by atoms with E-state index < -0.39 is 0 Å². The molecule has 1 aliphatic rings. The summed E-state index contributed by atoms with van der Waals surface area (Å²) in [7, 11) is 0. The number of nitrogens with zero attached hydrogens (tertiary/aromatic N) is 2. The highest BCUT2D eigenvalue weighted by molar-refractivity contribution is 5.40. The fourth-order valence-corrected chi connectivity index (χ4v) is 1.84. The third-order valence-corrected chi connectivity index (χ3v) is 2.76. The van der Waals surface area contributed by atoms with E-state index >= 15 is 0 Å². The SMILES string of the molecule is Cc1ccc(N2CC[C@@H](CO)C2)nc1. The molecule has 2 rings (SSSR count). The van der Waals surface area contributed by atoms with Crippen LogP contribution in [0.25, 0.3) is 0 Å². The average molecular weight is 192 g/mol. The van der Waals surface area contributed by atoms with Crippen LogP contribution < -0.4 is 4.90 Å². The Kier molecular flexibility index (Phi) is 2.68. The zero-order chi connectivity index (χ0) is 9.97. The smallest absolute Gasteiger partial charge is 0.128 e. The number of pyridine rings is 1. The second-order valence-electron chi connectivity index (χ2n) is 3.98. The van der Waals surface area contributed by atoms with E-state index in [9.17, 15) is 0 Å². The Morgan fingerprint density at radius 3 is 3.00 bits per heavy atom. The molecular formula is C11H16N2O. The van der Waals surface area contributed by atoms with Crippen LogP contribution in [-0.2, 0) is 0 Å². The van der Waals surface area contributed by atoms with Gasteiger partial charge in [-0.05, 0) is 25.0 Å². The molecule has 0 amide bonds. The third kappa shape index (κ3) is 1.87. The van der Waals surface area contributed by atoms with Crippen LogP contribution in [0.5, 0.6) is 0 Å². The van der Waals surface area contributed by atoms with Crippen molar-refractivity contribution >= 4 is 5.82 Å². The molecule has 3 nitrogen and oxygen atoms in total. The Morgan fingerprint density at radius 2 is 2.43 bits per heavy atom. The molecule has 1 aromatic heterocycles. The van der Waals surface area contributed by atoms with Gasteiger partial charge < -0.3 is 10.0 Å². The average Bonchev–Trinajstić information content (AvgIpc) is 2.67. The molecule has 0 radical (unpaired) electrons. The van der Waals surface area contributed by atoms with Gasteiger partial charge in [-0.1, -0.05) is 6.07 Å². The Labute approximate surface area is 84.4 Å². The number of rotatable bonds is 2. The second-order valence-corrected chi connectivity index (χ2v) is 3.98. The van der Waals surface area contributed by atoms with Crippen molar-refractivity contribution in [2.45, 2.75) is 13.3 Å². The van der Waals surface area contributed by atoms with Gasteiger partial charge in [0.15, 0.2) is 0 Å². The van der Waals surface area contributed by atoms with Crippen LogP contribution in [0.3, 0.4) is 0 Å². The largest absolute Gasteiger partial charge is 0.396 e. The maximum Gasteiger partial charge on any atom is 0.128 e. The Hall–Kier alpha value is -1.09. The summed E-state index contributed by atoms with van der Waals surface area (Å²) in [5.74, 6) is 1.46. The van der Waals surface area contributed by atoms with E-state index in [1.54, 1.807) is 0 Å². The summed E-state index contributed by atoms with van der Waals surface area (Å²) >= 11 is 0. The van der Waals surface area contributed by atoms with E-state index in [-0.39, 0.29) is 0 Å². The molecule has 0 unspecified atom stereocenters. The van der Waals surface area contributed by atoms with E-state index in [4.69, 9.17) is 5.11 Å². The predicted molar refractivity (Wildman–Crippen MR) is 56.4 cm³/mol. The van der Waals surface area contributed by atoms with Crippen molar-refractivity contribution in [3.05, 3.63) is 23.9 Å². The molecule has 0 spiro atoms. The van der Waals surface area contributed by atoms with Crippen molar-refractivity contribution in [2.75, 3.05) is 24.6 Å². The standard InChI is InChI=1S/C11H16N2O/c1-9-2-3-11(12-6-9)13-5-4-10(7-13)8-14/h2-3,6,10,14H,4-5,7-8H2,1H3/t10-/m1/s1. The highest BCUT2D eigenvalue weighted by Gasteiger charge is 2.22. The van der Waals surface area contributed by atoms with Crippen LogP contribution >= 0.6 is 0 Å². The first-order valence-electron chi connectivity index (χ1n) is 5.08. The summed E-state index contributed by atoms with van der Waals surface area (Å²) in [6.45, 7) is 4.29. The van der Waals surface area contributed by atoms with E-state index in [0.717, 1.165) is 25.3 Å². The van der Waals surface area contributed by atoms with E-state index in [2.05, 4.69) is 22.0 Å². The van der Waals surface area contributed by atoms with Gasteiger partial charge in [0, 0.05) is 31.8 Å². The lowest BCUT2D eigenvalue weighted by Gasteiger charge is -2.16. The van der Waals surface area contributed by atoms with Gasteiger partial charge in [-0.3, -0.25) is 0 Å². The lowest BCUT2D eigenvalue weighted by molar-refractivity contribution is 0.238. The lowest BCUT2D eigenvalue weighted by atomic mass is 10.1. The van der Waals surface area contributed by atoms with Crippen molar-refractivity contribution < 1.29 is 5.11 Å². The fourth-order valence-electron chi connectivity index (χ4n) is 1.84. The first-order valence-corrected chi connectivity index (χ1v) is 5.08. The topological polar surface area (TPSA) is 36.4 Å². The predicted octanol–water partition coefficient (Wildman–Crippen LogP) is 1.21. The van der Waals surface area contributed by atoms with Crippen LogP contribution in [0.4, 0.5) is 5.82 Å². The molecule has 1 atom stereocenters. The third-order valence-electron chi connectivity index (χ3n) is 2.76. The summed E-state index contributed by atoms with van der Waals surface area (Å²) in [4.78, 5) is 6.61. The van der Waals surface area contributed by atoms with Gasteiger partial charge in [-0.2, -0.15) is 0 Å². The first-order chi connectivity index (χ1) is 6.79. The molecule has 1 aromatic rings. The number of anilines is 1. The minimum Gasteiger partial charge on any atom is -0.396 e. The summed E-state index contributed by atoms with van der Waals surface area (Å²) in [6.07, 6.45) is 2.97. The van der Waals surface area contributed by atoms with Gasteiger partial charge in [0.2, 0.25) is 0 Å². The minimum absolute atomic E-state index is 0.294. The maximum absolute atomic E-state index is 9.03. The van der Waals surface area contributed by atoms with Crippen LogP contribution in [-0.4, -0.2) is 29.8 Å². The zero-order valence-corrected chi connectivity index (χ0v) is 8.48. The Balaban J connectivity index is 2.06. The highest BCUT2D eigenvalue weighted by Crippen LogP contribution is 2.21. The van der Waals surface area contributed by atoms with Gasteiger partial charge >= 0.3 is 0 Å². The number of aliphatic hydroxyl groups excluding tert-OH is 1. The van der Waals surface area contributed by atoms with Gasteiger partial charge in [-0.15, -0.1) is 0 Å². The van der Waals surface area contributed by atoms with E-state index in [1.807, 2.05) is 13.1 Å². The summed E-state index contributed by atoms with van der Waals surface area (Å²) < 4.78 is 0. The molecule has 0 aliphatic carbocycles. The molecule has 1 fully saturated rings. The van der Waals surface area contributed by atoms with Crippen molar-refractivity contribution in [3.8, 4) is 0 Å². The molecule has 0 aromatic carbocycles. The molecule has 3 heteroatoms. The summed E-state index contributed by atoms with van der Waals surface area (Å²) in [5.41, 5.74) is 1.19. The lowest BCUT2D eigenvalue weighted by Crippen LogP contribution is -2.21. The number of hydrogen-bond acceptors (Lipinski definition) is 3. The Bertz CT molecular complexity index is 297. The van der Waals surface area contributed by atoms with Gasteiger partial charge in [-0.25, -0.2) is 4.98 Å². The number of hydrogen-bond donors (Lipinski definition) is 1. The monoisotopic (exact) mass is 192 g/mol. The summed E-state index contributed by atoms with van der Waals surface area (Å²) in [6, 6.07) is 4.13. The molecule has 1 N–H and O–H groups in total. The van der Waals surface area contributed by atoms with Gasteiger partial charge in [0.1, 0.15) is 5.82 Å². The Morgan fingerprint density at radius 1 is 1.57 bits per heavy atom. The van der Waals surface area contributed by atoms with Crippen molar-refractivity contribution in [1.82, 2.24) is 4.98 Å². The molecule has 2 heterocycles. The quantitative estimate of drug-likeness (QED) is 0.765. The minimum atomic E-state index is 0.294. The van der Waals surface area contributed by atoms with E-state index in [0.29, 0.717) is 12.5 Å². The number of aromatic nitrogens is 1. The van der Waals surface area contributed by atoms with Crippen molar-refractivity contribution in [2.24, 2.45) is 5.92 Å². The molecule has 76 valence electrons. The van der Waals surface area contributed by atoms with Crippen molar-refractivity contribution in [3.63, 3.8) is 0 Å². The zero-order valence-electron chi connectivity index (χ0n) is 8.48. The molecule has 0 saturated carbocycles. The maximum atomic E-state index is 9.03. The number of aliphatic hydroxyl groups is 1. The van der Waals surface area contributed by atoms with E-state index in [1.165, 1.54) is 5.56 Å². The first kappa shape index (κ1) is 9.46. The molecule has 14 heavy (non-hydrogen) atoms.